The maximum Gasteiger partial charge on any atom is 0.119 e. The molecule has 126 valence electrons. The first kappa shape index (κ1) is 15.5. The van der Waals surface area contributed by atoms with Gasteiger partial charge in [0, 0.05) is 0 Å². The first-order valence-electron chi connectivity index (χ1n) is 9.44. The average molecular weight is 314 g/mol. The monoisotopic (exact) mass is 314 g/mol. The molecule has 1 N–H and O–H groups in total. The summed E-state index contributed by atoms with van der Waals surface area (Å²) >= 11 is 0. The van der Waals surface area contributed by atoms with Crippen molar-refractivity contribution in [2.24, 2.45) is 17.3 Å². The largest absolute Gasteiger partial charge is 0.494 e. The van der Waals surface area contributed by atoms with Gasteiger partial charge in [0.05, 0.1) is 12.2 Å². The molecule has 0 aromatic heterocycles. The third kappa shape index (κ3) is 2.17. The molecular weight excluding hydrogens is 284 g/mol. The normalized spacial score (nSPS) is 41.8. The molecule has 0 unspecified atom stereocenters. The summed E-state index contributed by atoms with van der Waals surface area (Å²) in [5, 5.41) is 10.9. The Kier molecular flexibility index (Phi) is 3.53. The Morgan fingerprint density at radius 1 is 1.17 bits per heavy atom. The van der Waals surface area contributed by atoms with Gasteiger partial charge in [-0.25, -0.2) is 0 Å². The Morgan fingerprint density at radius 2 is 2.00 bits per heavy atom. The fraction of sp³-hybridized carbons (Fsp3) is 0.714. The van der Waals surface area contributed by atoms with E-state index in [1.165, 1.54) is 37.7 Å². The highest BCUT2D eigenvalue weighted by molar-refractivity contribution is 5.40. The number of benzene rings is 1. The Morgan fingerprint density at radius 3 is 2.78 bits per heavy atom. The van der Waals surface area contributed by atoms with Gasteiger partial charge in [-0.2, -0.15) is 0 Å². The highest BCUT2D eigenvalue weighted by Gasteiger charge is 2.59. The molecule has 3 aliphatic carbocycles. The van der Waals surface area contributed by atoms with E-state index in [-0.39, 0.29) is 5.41 Å². The van der Waals surface area contributed by atoms with Crippen molar-refractivity contribution in [2.45, 2.75) is 70.8 Å². The van der Waals surface area contributed by atoms with Crippen LogP contribution in [-0.4, -0.2) is 17.3 Å². The predicted octanol–water partition coefficient (Wildman–Crippen LogP) is 4.69. The summed E-state index contributed by atoms with van der Waals surface area (Å²) in [4.78, 5) is 0. The molecule has 2 heteroatoms. The van der Waals surface area contributed by atoms with Crippen LogP contribution in [0.4, 0.5) is 0 Å². The zero-order chi connectivity index (χ0) is 16.2. The van der Waals surface area contributed by atoms with Crippen LogP contribution in [0.25, 0.3) is 0 Å². The Labute approximate surface area is 140 Å². The van der Waals surface area contributed by atoms with Crippen molar-refractivity contribution in [3.63, 3.8) is 0 Å². The van der Waals surface area contributed by atoms with Gasteiger partial charge < -0.3 is 9.84 Å². The van der Waals surface area contributed by atoms with E-state index >= 15 is 0 Å². The SMILES string of the molecule is CCOc1ccc2c(c1)CC[C@H]1[C@@H]2CC[C@]2(C)[C@@H]1CC[C@@]2(C)O. The van der Waals surface area contributed by atoms with E-state index in [4.69, 9.17) is 4.74 Å². The van der Waals surface area contributed by atoms with Crippen LogP contribution in [0.5, 0.6) is 5.75 Å². The topological polar surface area (TPSA) is 29.5 Å². The molecule has 4 rings (SSSR count). The third-order valence-corrected chi connectivity index (χ3v) is 7.57. The summed E-state index contributed by atoms with van der Waals surface area (Å²) in [6, 6.07) is 6.75. The zero-order valence-electron chi connectivity index (χ0n) is 14.8. The second-order valence-corrected chi connectivity index (χ2v) is 8.48. The van der Waals surface area contributed by atoms with Crippen LogP contribution < -0.4 is 4.74 Å². The van der Waals surface area contributed by atoms with E-state index in [9.17, 15) is 5.11 Å². The first-order chi connectivity index (χ1) is 11.0. The van der Waals surface area contributed by atoms with Crippen molar-refractivity contribution in [1.82, 2.24) is 0 Å². The number of hydrogen-bond donors (Lipinski definition) is 1. The molecular formula is C21H30O2. The molecule has 0 spiro atoms. The van der Waals surface area contributed by atoms with Crippen LogP contribution >= 0.6 is 0 Å². The second kappa shape index (κ2) is 5.24. The van der Waals surface area contributed by atoms with Crippen LogP contribution in [0, 0.1) is 17.3 Å². The number of ether oxygens (including phenoxy) is 1. The number of fused-ring (bicyclic) bond motifs is 5. The van der Waals surface area contributed by atoms with Gasteiger partial charge in [0.25, 0.3) is 0 Å². The molecule has 3 aliphatic rings. The van der Waals surface area contributed by atoms with Crippen LogP contribution in [0.3, 0.4) is 0 Å². The lowest BCUT2D eigenvalue weighted by molar-refractivity contribution is -0.0901. The summed E-state index contributed by atoms with van der Waals surface area (Å²) in [5.74, 6) is 3.17. The quantitative estimate of drug-likeness (QED) is 0.858. The Balaban J connectivity index is 1.65. The highest BCUT2D eigenvalue weighted by Crippen LogP contribution is 2.64. The standard InChI is InChI=1S/C21H30O2/c1-4-23-15-6-8-16-14(13-15)5-7-18-17(16)9-11-20(2)19(18)10-12-21(20,3)22/h6,8,13,17-19,22H,4-5,7,9-12H2,1-3H3/t17-,18+,19-,20-,21-/m1/s1. The number of rotatable bonds is 2. The number of aryl methyl sites for hydroxylation is 1. The van der Waals surface area contributed by atoms with E-state index in [1.54, 1.807) is 5.56 Å². The minimum absolute atomic E-state index is 0.122. The molecule has 0 aliphatic heterocycles. The predicted molar refractivity (Wildman–Crippen MR) is 92.9 cm³/mol. The summed E-state index contributed by atoms with van der Waals surface area (Å²) in [6.07, 6.45) is 7.04. The molecule has 1 aromatic rings. The van der Waals surface area contributed by atoms with Crippen molar-refractivity contribution in [1.29, 1.82) is 0 Å². The zero-order valence-corrected chi connectivity index (χ0v) is 14.8. The van der Waals surface area contributed by atoms with E-state index in [0.29, 0.717) is 11.8 Å². The van der Waals surface area contributed by atoms with Crippen molar-refractivity contribution < 1.29 is 9.84 Å². The summed E-state index contributed by atoms with van der Waals surface area (Å²) < 4.78 is 5.69. The molecule has 0 radical (unpaired) electrons. The van der Waals surface area contributed by atoms with Crippen molar-refractivity contribution in [2.75, 3.05) is 6.61 Å². The van der Waals surface area contributed by atoms with Crippen LogP contribution in [-0.2, 0) is 6.42 Å². The highest BCUT2D eigenvalue weighted by atomic mass is 16.5. The van der Waals surface area contributed by atoms with Crippen LogP contribution in [0.15, 0.2) is 18.2 Å². The van der Waals surface area contributed by atoms with Gasteiger partial charge >= 0.3 is 0 Å². The molecule has 0 heterocycles. The lowest BCUT2D eigenvalue weighted by Gasteiger charge is -2.52. The molecule has 5 atom stereocenters. The fourth-order valence-corrected chi connectivity index (χ4v) is 6.06. The summed E-state index contributed by atoms with van der Waals surface area (Å²) in [7, 11) is 0. The van der Waals surface area contributed by atoms with Crippen molar-refractivity contribution in [3.8, 4) is 5.75 Å². The van der Waals surface area contributed by atoms with Gasteiger partial charge in [-0.15, -0.1) is 0 Å². The third-order valence-electron chi connectivity index (χ3n) is 7.57. The Bertz CT molecular complexity index is 606. The van der Waals surface area contributed by atoms with Gasteiger partial charge in [0.15, 0.2) is 0 Å². The smallest absolute Gasteiger partial charge is 0.119 e. The lowest BCUT2D eigenvalue weighted by Crippen LogP contribution is -2.49. The minimum atomic E-state index is -0.470. The lowest BCUT2D eigenvalue weighted by atomic mass is 9.53. The second-order valence-electron chi connectivity index (χ2n) is 8.48. The van der Waals surface area contributed by atoms with E-state index in [1.807, 2.05) is 6.92 Å². The maximum absolute atomic E-state index is 10.9. The van der Waals surface area contributed by atoms with Crippen molar-refractivity contribution in [3.05, 3.63) is 29.3 Å². The average Bonchev–Trinajstić information content (AvgIpc) is 2.77. The minimum Gasteiger partial charge on any atom is -0.494 e. The van der Waals surface area contributed by atoms with Crippen LogP contribution in [0.2, 0.25) is 0 Å². The molecule has 0 bridgehead atoms. The van der Waals surface area contributed by atoms with Crippen molar-refractivity contribution >= 4 is 0 Å². The molecule has 2 saturated carbocycles. The Hall–Kier alpha value is -1.02. The summed E-state index contributed by atoms with van der Waals surface area (Å²) in [6.45, 7) is 7.22. The molecule has 2 fully saturated rings. The fourth-order valence-electron chi connectivity index (χ4n) is 6.06. The first-order valence-corrected chi connectivity index (χ1v) is 9.44. The van der Waals surface area contributed by atoms with Gasteiger partial charge in [0.2, 0.25) is 0 Å². The molecule has 0 saturated heterocycles. The molecule has 23 heavy (non-hydrogen) atoms. The van der Waals surface area contributed by atoms with E-state index < -0.39 is 5.60 Å². The van der Waals surface area contributed by atoms with Gasteiger partial charge in [-0.05, 0) is 98.8 Å². The summed E-state index contributed by atoms with van der Waals surface area (Å²) in [5.41, 5.74) is 2.72. The molecule has 0 amide bonds. The number of aliphatic hydroxyl groups is 1. The van der Waals surface area contributed by atoms with Crippen LogP contribution in [0.1, 0.15) is 69.9 Å². The number of hydrogen-bond acceptors (Lipinski definition) is 2. The maximum atomic E-state index is 10.9. The van der Waals surface area contributed by atoms with Gasteiger partial charge in [-0.1, -0.05) is 13.0 Å². The molecule has 2 nitrogen and oxygen atoms in total. The van der Waals surface area contributed by atoms with E-state index in [2.05, 4.69) is 32.0 Å². The van der Waals surface area contributed by atoms with E-state index in [0.717, 1.165) is 24.7 Å². The van der Waals surface area contributed by atoms with Gasteiger partial charge in [0.1, 0.15) is 5.75 Å². The van der Waals surface area contributed by atoms with Gasteiger partial charge in [-0.3, -0.25) is 0 Å². The molecule has 1 aromatic carbocycles.